The van der Waals surface area contributed by atoms with Gasteiger partial charge in [0.1, 0.15) is 7.85 Å². The van der Waals surface area contributed by atoms with Crippen molar-refractivity contribution in [3.8, 4) is 0 Å². The minimum atomic E-state index is -0.0856. The van der Waals surface area contributed by atoms with Crippen LogP contribution in [0.1, 0.15) is 34.1 Å². The fourth-order valence-corrected chi connectivity index (χ4v) is 1.57. The first-order chi connectivity index (χ1) is 6.32. The van der Waals surface area contributed by atoms with Gasteiger partial charge in [0, 0.05) is 11.1 Å². The summed E-state index contributed by atoms with van der Waals surface area (Å²) in [4.78, 5) is 0. The average molecular weight is 187 g/mol. The van der Waals surface area contributed by atoms with Gasteiger partial charge in [-0.15, -0.1) is 5.47 Å². The molecule has 0 aliphatic heterocycles. The molecule has 1 atom stereocenters. The van der Waals surface area contributed by atoms with E-state index >= 15 is 0 Å². The third kappa shape index (κ3) is 2.37. The van der Waals surface area contributed by atoms with Gasteiger partial charge in [0.15, 0.2) is 0 Å². The second-order valence-electron chi connectivity index (χ2n) is 5.07. The molecule has 1 nitrogen and oxygen atoms in total. The van der Waals surface area contributed by atoms with Gasteiger partial charge in [-0.2, -0.15) is 0 Å². The van der Waals surface area contributed by atoms with E-state index in [0.717, 1.165) is 17.5 Å². The monoisotopic (exact) mass is 187 g/mol. The molecule has 0 heterocycles. The van der Waals surface area contributed by atoms with Crippen LogP contribution in [0, 0.1) is 16.7 Å². The van der Waals surface area contributed by atoms with Crippen molar-refractivity contribution in [1.29, 1.82) is 5.41 Å². The molecule has 1 N–H and O–H groups in total. The van der Waals surface area contributed by atoms with Crippen LogP contribution < -0.4 is 0 Å². The van der Waals surface area contributed by atoms with Gasteiger partial charge < -0.3 is 5.41 Å². The third-order valence-electron chi connectivity index (χ3n) is 2.60. The second kappa shape index (κ2) is 3.76. The molecular weight excluding hydrogens is 169 g/mol. The number of nitrogens with one attached hydrogen (secondary N) is 1. The number of hydrogen-bond acceptors (Lipinski definition) is 1. The Hall–Kier alpha value is -0.785. The summed E-state index contributed by atoms with van der Waals surface area (Å²) in [5, 5.41) is 8.10. The first kappa shape index (κ1) is 11.3. The summed E-state index contributed by atoms with van der Waals surface area (Å²) in [6, 6.07) is 0. The van der Waals surface area contributed by atoms with Crippen molar-refractivity contribution >= 4 is 13.6 Å². The molecule has 74 valence electrons. The van der Waals surface area contributed by atoms with E-state index in [4.69, 9.17) is 13.3 Å². The molecule has 0 fully saturated rings. The van der Waals surface area contributed by atoms with Crippen LogP contribution in [0.15, 0.2) is 23.2 Å². The molecule has 0 spiro atoms. The standard InChI is InChI=1S/C12H18BN/c1-8-5-6-9(13)7-10(8)11(14)12(2,3)4/h6-8,14H,5H2,1-4H3. The van der Waals surface area contributed by atoms with Gasteiger partial charge in [-0.3, -0.25) is 0 Å². The van der Waals surface area contributed by atoms with Crippen LogP contribution in [0.5, 0.6) is 0 Å². The Kier molecular flexibility index (Phi) is 3.03. The van der Waals surface area contributed by atoms with E-state index in [1.807, 2.05) is 12.2 Å². The van der Waals surface area contributed by atoms with Gasteiger partial charge in [0.05, 0.1) is 0 Å². The molecule has 1 unspecified atom stereocenters. The number of hydrogen-bond donors (Lipinski definition) is 1. The first-order valence-electron chi connectivity index (χ1n) is 5.09. The molecular formula is C12H18BN. The Morgan fingerprint density at radius 2 is 2.07 bits per heavy atom. The molecule has 2 radical (unpaired) electrons. The van der Waals surface area contributed by atoms with Crippen LogP contribution in [0.2, 0.25) is 0 Å². The fourth-order valence-electron chi connectivity index (χ4n) is 1.57. The predicted octanol–water partition coefficient (Wildman–Crippen LogP) is 3.07. The van der Waals surface area contributed by atoms with E-state index in [0.29, 0.717) is 11.6 Å². The van der Waals surface area contributed by atoms with Crippen molar-refractivity contribution < 1.29 is 0 Å². The molecule has 0 saturated heterocycles. The van der Waals surface area contributed by atoms with Gasteiger partial charge >= 0.3 is 0 Å². The zero-order valence-corrected chi connectivity index (χ0v) is 9.52. The smallest absolute Gasteiger partial charge is 0.113 e. The summed E-state index contributed by atoms with van der Waals surface area (Å²) in [6.07, 6.45) is 4.93. The fraction of sp³-hybridized carbons (Fsp3) is 0.583. The molecule has 14 heavy (non-hydrogen) atoms. The van der Waals surface area contributed by atoms with Gasteiger partial charge in [-0.05, 0) is 17.9 Å². The molecule has 0 bridgehead atoms. The number of allylic oxidation sites excluding steroid dienone is 4. The highest BCUT2D eigenvalue weighted by Gasteiger charge is 2.24. The molecule has 0 aromatic carbocycles. The predicted molar refractivity (Wildman–Crippen MR) is 62.9 cm³/mol. The van der Waals surface area contributed by atoms with Crippen LogP contribution in [0.25, 0.3) is 0 Å². The molecule has 0 amide bonds. The van der Waals surface area contributed by atoms with Crippen LogP contribution in [-0.4, -0.2) is 13.6 Å². The van der Waals surface area contributed by atoms with E-state index in [9.17, 15) is 0 Å². The molecule has 1 aliphatic rings. The Morgan fingerprint density at radius 1 is 1.50 bits per heavy atom. The maximum absolute atomic E-state index is 8.10. The summed E-state index contributed by atoms with van der Waals surface area (Å²) in [7, 11) is 5.76. The molecule has 0 aromatic rings. The lowest BCUT2D eigenvalue weighted by Gasteiger charge is -2.28. The van der Waals surface area contributed by atoms with Crippen LogP contribution >= 0.6 is 0 Å². The van der Waals surface area contributed by atoms with Crippen molar-refractivity contribution in [2.75, 3.05) is 0 Å². The zero-order valence-electron chi connectivity index (χ0n) is 9.52. The zero-order chi connectivity index (χ0) is 10.9. The Bertz CT molecular complexity index is 305. The highest BCUT2D eigenvalue weighted by atomic mass is 14.5. The quantitative estimate of drug-likeness (QED) is 0.481. The molecule has 0 aromatic heterocycles. The van der Waals surface area contributed by atoms with Crippen molar-refractivity contribution in [3.63, 3.8) is 0 Å². The van der Waals surface area contributed by atoms with Crippen molar-refractivity contribution in [2.45, 2.75) is 34.1 Å². The lowest BCUT2D eigenvalue weighted by atomic mass is 9.75. The minimum Gasteiger partial charge on any atom is -0.304 e. The maximum atomic E-state index is 8.10. The molecule has 0 saturated carbocycles. The third-order valence-corrected chi connectivity index (χ3v) is 2.60. The lowest BCUT2D eigenvalue weighted by Crippen LogP contribution is -2.25. The largest absolute Gasteiger partial charge is 0.304 e. The van der Waals surface area contributed by atoms with Crippen LogP contribution in [0.3, 0.4) is 0 Å². The van der Waals surface area contributed by atoms with Gasteiger partial charge in [0.25, 0.3) is 0 Å². The van der Waals surface area contributed by atoms with Crippen LogP contribution in [-0.2, 0) is 0 Å². The van der Waals surface area contributed by atoms with Crippen molar-refractivity contribution in [3.05, 3.63) is 23.2 Å². The van der Waals surface area contributed by atoms with E-state index < -0.39 is 0 Å². The van der Waals surface area contributed by atoms with Crippen molar-refractivity contribution in [2.24, 2.45) is 11.3 Å². The van der Waals surface area contributed by atoms with Crippen LogP contribution in [0.4, 0.5) is 0 Å². The molecule has 2 heteroatoms. The first-order valence-corrected chi connectivity index (χ1v) is 5.09. The molecule has 1 rings (SSSR count). The van der Waals surface area contributed by atoms with E-state index in [2.05, 4.69) is 27.7 Å². The SMILES string of the molecule is [B]C1=CCC(C)C(C(=N)C(C)(C)C)=C1. The Balaban J connectivity index is 2.97. The van der Waals surface area contributed by atoms with Crippen molar-refractivity contribution in [1.82, 2.24) is 0 Å². The minimum absolute atomic E-state index is 0.0856. The van der Waals surface area contributed by atoms with E-state index in [-0.39, 0.29) is 5.41 Å². The molecule has 1 aliphatic carbocycles. The number of rotatable bonds is 1. The van der Waals surface area contributed by atoms with E-state index in [1.165, 1.54) is 0 Å². The normalized spacial score (nSPS) is 22.7. The second-order valence-corrected chi connectivity index (χ2v) is 5.07. The highest BCUT2D eigenvalue weighted by molar-refractivity contribution is 6.24. The summed E-state index contributed by atoms with van der Waals surface area (Å²) in [5.41, 5.74) is 2.52. The summed E-state index contributed by atoms with van der Waals surface area (Å²) < 4.78 is 0. The topological polar surface area (TPSA) is 23.9 Å². The van der Waals surface area contributed by atoms with Gasteiger partial charge in [-0.25, -0.2) is 0 Å². The maximum Gasteiger partial charge on any atom is 0.113 e. The van der Waals surface area contributed by atoms with Gasteiger partial charge in [-0.1, -0.05) is 39.8 Å². The Labute approximate surface area is 88.2 Å². The van der Waals surface area contributed by atoms with E-state index in [1.54, 1.807) is 0 Å². The summed E-state index contributed by atoms with van der Waals surface area (Å²) >= 11 is 0. The lowest BCUT2D eigenvalue weighted by molar-refractivity contribution is 0.572. The summed E-state index contributed by atoms with van der Waals surface area (Å²) in [5.74, 6) is 0.425. The highest BCUT2D eigenvalue weighted by Crippen LogP contribution is 2.30. The van der Waals surface area contributed by atoms with Gasteiger partial charge in [0.2, 0.25) is 0 Å². The summed E-state index contributed by atoms with van der Waals surface area (Å²) in [6.45, 7) is 8.35. The average Bonchev–Trinajstić information content (AvgIpc) is 2.06. The Morgan fingerprint density at radius 3 is 2.57 bits per heavy atom.